The number of hydrogen-bond acceptors (Lipinski definition) is 5. The zero-order valence-electron chi connectivity index (χ0n) is 11.3. The fourth-order valence-electron chi connectivity index (χ4n) is 1.81. The molecule has 0 aliphatic carbocycles. The number of nitrogens with one attached hydrogen (secondary N) is 1. The largest absolute Gasteiger partial charge is 0.309 e. The highest BCUT2D eigenvalue weighted by molar-refractivity contribution is 7.89. The summed E-state index contributed by atoms with van der Waals surface area (Å²) in [5.41, 5.74) is 0. The van der Waals surface area contributed by atoms with Crippen molar-refractivity contribution >= 4 is 37.9 Å². The van der Waals surface area contributed by atoms with Crippen molar-refractivity contribution in [2.75, 3.05) is 27.2 Å². The molecule has 0 fully saturated rings. The standard InChI is InChI=1S/C11H17ClN4O2S2/c1-15(2)6-4-3-5-13-20(17,18)10-9(12)14-11-16(10)7-8-19-11/h7-8,13H,3-6H2,1-2H3. The van der Waals surface area contributed by atoms with Crippen LogP contribution in [0.4, 0.5) is 0 Å². The van der Waals surface area contributed by atoms with Crippen molar-refractivity contribution < 1.29 is 8.42 Å². The molecule has 112 valence electrons. The Morgan fingerprint density at radius 3 is 2.90 bits per heavy atom. The molecule has 0 aliphatic rings. The summed E-state index contributed by atoms with van der Waals surface area (Å²) in [6.07, 6.45) is 3.36. The summed E-state index contributed by atoms with van der Waals surface area (Å²) in [5, 5.41) is 1.80. The lowest BCUT2D eigenvalue weighted by Gasteiger charge is -2.09. The van der Waals surface area contributed by atoms with Crippen molar-refractivity contribution in [3.05, 3.63) is 16.7 Å². The van der Waals surface area contributed by atoms with Crippen LogP contribution in [-0.2, 0) is 10.0 Å². The predicted molar refractivity (Wildman–Crippen MR) is 81.1 cm³/mol. The minimum absolute atomic E-state index is 0.0117. The molecule has 0 amide bonds. The summed E-state index contributed by atoms with van der Waals surface area (Å²) in [4.78, 5) is 6.67. The molecule has 20 heavy (non-hydrogen) atoms. The van der Waals surface area contributed by atoms with Gasteiger partial charge in [0, 0.05) is 18.1 Å². The lowest BCUT2D eigenvalue weighted by atomic mass is 10.3. The third kappa shape index (κ3) is 3.50. The minimum Gasteiger partial charge on any atom is -0.309 e. The zero-order valence-corrected chi connectivity index (χ0v) is 13.7. The molecule has 0 saturated heterocycles. The van der Waals surface area contributed by atoms with E-state index in [1.807, 2.05) is 14.1 Å². The summed E-state index contributed by atoms with van der Waals surface area (Å²) in [6.45, 7) is 1.33. The molecule has 0 saturated carbocycles. The number of rotatable bonds is 7. The molecule has 0 aromatic carbocycles. The highest BCUT2D eigenvalue weighted by atomic mass is 35.5. The molecule has 2 aromatic heterocycles. The number of hydrogen-bond donors (Lipinski definition) is 1. The summed E-state index contributed by atoms with van der Waals surface area (Å²) < 4.78 is 28.6. The molecular formula is C11H17ClN4O2S2. The molecule has 0 aliphatic heterocycles. The van der Waals surface area contributed by atoms with Crippen LogP contribution >= 0.6 is 22.9 Å². The maximum atomic E-state index is 12.3. The molecule has 0 unspecified atom stereocenters. The fraction of sp³-hybridized carbons (Fsp3) is 0.545. The topological polar surface area (TPSA) is 66.7 Å². The second kappa shape index (κ2) is 6.40. The van der Waals surface area contributed by atoms with E-state index in [2.05, 4.69) is 14.6 Å². The number of thiazole rings is 1. The van der Waals surface area contributed by atoms with Crippen LogP contribution in [0.15, 0.2) is 16.6 Å². The highest BCUT2D eigenvalue weighted by Crippen LogP contribution is 2.25. The van der Waals surface area contributed by atoms with Gasteiger partial charge in [0.15, 0.2) is 15.1 Å². The second-order valence-electron chi connectivity index (χ2n) is 4.67. The summed E-state index contributed by atoms with van der Waals surface area (Å²) in [6, 6.07) is 0. The summed E-state index contributed by atoms with van der Waals surface area (Å²) in [5.74, 6) is 0. The van der Waals surface area contributed by atoms with Crippen LogP contribution in [0.3, 0.4) is 0 Å². The van der Waals surface area contributed by atoms with E-state index in [1.165, 1.54) is 15.7 Å². The first-order valence-corrected chi connectivity index (χ1v) is 8.91. The third-order valence-corrected chi connectivity index (χ3v) is 5.37. The first-order chi connectivity index (χ1) is 9.42. The molecule has 2 aromatic rings. The Hall–Kier alpha value is -0.670. The Labute approximate surface area is 127 Å². The first kappa shape index (κ1) is 15.7. The van der Waals surface area contributed by atoms with Gasteiger partial charge in [0.25, 0.3) is 10.0 Å². The maximum absolute atomic E-state index is 12.3. The lowest BCUT2D eigenvalue weighted by molar-refractivity contribution is 0.394. The highest BCUT2D eigenvalue weighted by Gasteiger charge is 2.24. The van der Waals surface area contributed by atoms with Crippen LogP contribution in [0.25, 0.3) is 4.96 Å². The fourth-order valence-corrected chi connectivity index (χ4v) is 4.33. The molecule has 0 atom stereocenters. The number of aromatic nitrogens is 2. The van der Waals surface area contributed by atoms with E-state index in [-0.39, 0.29) is 10.2 Å². The number of halogens is 1. The van der Waals surface area contributed by atoms with Gasteiger partial charge in [-0.2, -0.15) is 0 Å². The van der Waals surface area contributed by atoms with E-state index in [1.54, 1.807) is 11.6 Å². The predicted octanol–water partition coefficient (Wildman–Crippen LogP) is 1.67. The van der Waals surface area contributed by atoms with E-state index in [0.29, 0.717) is 11.5 Å². The van der Waals surface area contributed by atoms with Crippen molar-refractivity contribution in [1.82, 2.24) is 19.0 Å². The zero-order chi connectivity index (χ0) is 14.8. The molecule has 0 spiro atoms. The van der Waals surface area contributed by atoms with Gasteiger partial charge in [-0.3, -0.25) is 4.40 Å². The Kier molecular flexibility index (Phi) is 5.03. The van der Waals surface area contributed by atoms with Gasteiger partial charge in [0.1, 0.15) is 0 Å². The third-order valence-electron chi connectivity index (χ3n) is 2.76. The Morgan fingerprint density at radius 2 is 2.20 bits per heavy atom. The van der Waals surface area contributed by atoms with Gasteiger partial charge in [-0.15, -0.1) is 11.3 Å². The van der Waals surface area contributed by atoms with Crippen molar-refractivity contribution in [1.29, 1.82) is 0 Å². The van der Waals surface area contributed by atoms with Crippen LogP contribution in [0, 0.1) is 0 Å². The summed E-state index contributed by atoms with van der Waals surface area (Å²) in [7, 11) is 0.346. The van der Waals surface area contributed by atoms with Crippen molar-refractivity contribution in [3.8, 4) is 0 Å². The Morgan fingerprint density at radius 1 is 1.45 bits per heavy atom. The second-order valence-corrected chi connectivity index (χ2v) is 7.58. The molecule has 0 bridgehead atoms. The smallest absolute Gasteiger partial charge is 0.259 e. The van der Waals surface area contributed by atoms with Crippen molar-refractivity contribution in [3.63, 3.8) is 0 Å². The van der Waals surface area contributed by atoms with Crippen molar-refractivity contribution in [2.24, 2.45) is 0 Å². The molecule has 0 radical (unpaired) electrons. The molecule has 2 heterocycles. The minimum atomic E-state index is -3.63. The van der Waals surface area contributed by atoms with Crippen LogP contribution < -0.4 is 4.72 Å². The maximum Gasteiger partial charge on any atom is 0.259 e. The van der Waals surface area contributed by atoms with E-state index >= 15 is 0 Å². The molecule has 6 nitrogen and oxygen atoms in total. The van der Waals surface area contributed by atoms with Gasteiger partial charge < -0.3 is 4.90 Å². The normalized spacial score (nSPS) is 12.6. The Balaban J connectivity index is 2.03. The van der Waals surface area contributed by atoms with Crippen LogP contribution in [0.5, 0.6) is 0 Å². The van der Waals surface area contributed by atoms with Crippen LogP contribution in [-0.4, -0.2) is 49.9 Å². The van der Waals surface area contributed by atoms with E-state index in [4.69, 9.17) is 11.6 Å². The van der Waals surface area contributed by atoms with E-state index in [9.17, 15) is 8.42 Å². The average Bonchev–Trinajstić information content (AvgIpc) is 2.86. The van der Waals surface area contributed by atoms with Gasteiger partial charge in [-0.05, 0) is 33.5 Å². The van der Waals surface area contributed by atoms with Gasteiger partial charge in [0.2, 0.25) is 0 Å². The van der Waals surface area contributed by atoms with Crippen LogP contribution in [0.2, 0.25) is 5.15 Å². The number of fused-ring (bicyclic) bond motifs is 1. The lowest BCUT2D eigenvalue weighted by Crippen LogP contribution is -2.26. The van der Waals surface area contributed by atoms with Gasteiger partial charge in [0.05, 0.1) is 0 Å². The monoisotopic (exact) mass is 336 g/mol. The Bertz CT molecular complexity index is 678. The SMILES string of the molecule is CN(C)CCCCNS(=O)(=O)c1c(Cl)nc2sccn12. The van der Waals surface area contributed by atoms with Gasteiger partial charge >= 0.3 is 0 Å². The van der Waals surface area contributed by atoms with E-state index in [0.717, 1.165) is 19.4 Å². The first-order valence-electron chi connectivity index (χ1n) is 6.17. The number of sulfonamides is 1. The number of imidazole rings is 1. The summed E-state index contributed by atoms with van der Waals surface area (Å²) >= 11 is 7.27. The average molecular weight is 337 g/mol. The van der Waals surface area contributed by atoms with Crippen LogP contribution in [0.1, 0.15) is 12.8 Å². The van der Waals surface area contributed by atoms with Gasteiger partial charge in [-0.25, -0.2) is 18.1 Å². The quantitative estimate of drug-likeness (QED) is 0.781. The molecular weight excluding hydrogens is 320 g/mol. The van der Waals surface area contributed by atoms with Crippen molar-refractivity contribution in [2.45, 2.75) is 17.9 Å². The number of nitrogens with zero attached hydrogens (tertiary/aromatic N) is 3. The molecule has 2 rings (SSSR count). The molecule has 1 N–H and O–H groups in total. The van der Waals surface area contributed by atoms with E-state index < -0.39 is 10.0 Å². The molecule has 9 heteroatoms. The van der Waals surface area contributed by atoms with Gasteiger partial charge in [-0.1, -0.05) is 11.6 Å². The number of unbranched alkanes of at least 4 members (excludes halogenated alkanes) is 1.